The highest BCUT2D eigenvalue weighted by Crippen LogP contribution is 2.22. The van der Waals surface area contributed by atoms with Gasteiger partial charge in [0.25, 0.3) is 5.69 Å². The molecule has 0 fully saturated rings. The van der Waals surface area contributed by atoms with E-state index >= 15 is 0 Å². The fourth-order valence-corrected chi connectivity index (χ4v) is 1.97. The molecule has 0 radical (unpaired) electrons. The molecule has 2 aromatic heterocycles. The van der Waals surface area contributed by atoms with Gasteiger partial charge in [0, 0.05) is 30.6 Å². The maximum atomic E-state index is 10.8. The molecule has 0 bridgehead atoms. The minimum absolute atomic E-state index is 0.0640. The van der Waals surface area contributed by atoms with Crippen LogP contribution in [0, 0.1) is 17.0 Å². The second kappa shape index (κ2) is 4.20. The number of non-ortho nitro benzene ring substituents is 1. The summed E-state index contributed by atoms with van der Waals surface area (Å²) >= 11 is 0. The van der Waals surface area contributed by atoms with Crippen LogP contribution in [0.3, 0.4) is 0 Å². The molecule has 0 aliphatic rings. The van der Waals surface area contributed by atoms with Crippen molar-refractivity contribution < 1.29 is 9.34 Å². The van der Waals surface area contributed by atoms with Crippen LogP contribution in [0.5, 0.6) is 0 Å². The van der Waals surface area contributed by atoms with Gasteiger partial charge in [0.05, 0.1) is 10.4 Å². The minimum Gasteiger partial charge on any atom is -0.424 e. The number of aromatic nitrogens is 3. The summed E-state index contributed by atoms with van der Waals surface area (Å²) in [7, 11) is 0. The molecule has 19 heavy (non-hydrogen) atoms. The first-order chi connectivity index (χ1) is 9.13. The Bertz CT molecular complexity index is 759. The molecule has 0 N–H and O–H groups in total. The van der Waals surface area contributed by atoms with Crippen LogP contribution in [0.15, 0.2) is 34.9 Å². The van der Waals surface area contributed by atoms with Gasteiger partial charge >= 0.3 is 0 Å². The third-order valence-electron chi connectivity index (χ3n) is 2.84. The number of hydrogen-bond acceptors (Lipinski definition) is 5. The Morgan fingerprint density at radius 3 is 2.89 bits per heavy atom. The summed E-state index contributed by atoms with van der Waals surface area (Å²) in [4.78, 5) is 10.4. The van der Waals surface area contributed by atoms with E-state index in [9.17, 15) is 10.1 Å². The SMILES string of the molecule is Cc1nnc(Cn2ccc3ccc([N+](=O)[O-])cc32)o1. The Morgan fingerprint density at radius 1 is 1.37 bits per heavy atom. The van der Waals surface area contributed by atoms with Crippen LogP contribution in [-0.4, -0.2) is 19.7 Å². The largest absolute Gasteiger partial charge is 0.424 e. The Kier molecular flexibility index (Phi) is 2.52. The lowest BCUT2D eigenvalue weighted by Crippen LogP contribution is -1.98. The van der Waals surface area contributed by atoms with Crippen LogP contribution in [0.25, 0.3) is 10.9 Å². The van der Waals surface area contributed by atoms with Crippen molar-refractivity contribution in [1.82, 2.24) is 14.8 Å². The molecule has 7 heteroatoms. The minimum atomic E-state index is -0.409. The summed E-state index contributed by atoms with van der Waals surface area (Å²) in [5.41, 5.74) is 0.833. The van der Waals surface area contributed by atoms with E-state index in [-0.39, 0.29) is 5.69 Å². The molecule has 2 heterocycles. The van der Waals surface area contributed by atoms with E-state index in [2.05, 4.69) is 10.2 Å². The van der Waals surface area contributed by atoms with Crippen LogP contribution in [0.1, 0.15) is 11.8 Å². The van der Waals surface area contributed by atoms with Gasteiger partial charge < -0.3 is 8.98 Å². The molecule has 0 aliphatic carbocycles. The summed E-state index contributed by atoms with van der Waals surface area (Å²) in [6, 6.07) is 6.65. The molecular formula is C12H10N4O3. The van der Waals surface area contributed by atoms with Crippen LogP contribution in [0.2, 0.25) is 0 Å². The zero-order valence-electron chi connectivity index (χ0n) is 10.1. The molecule has 96 valence electrons. The van der Waals surface area contributed by atoms with Crippen LogP contribution in [-0.2, 0) is 6.54 Å². The van der Waals surface area contributed by atoms with Crippen molar-refractivity contribution >= 4 is 16.6 Å². The monoisotopic (exact) mass is 258 g/mol. The predicted molar refractivity (Wildman–Crippen MR) is 66.7 cm³/mol. The van der Waals surface area contributed by atoms with Crippen LogP contribution >= 0.6 is 0 Å². The molecule has 0 spiro atoms. The van der Waals surface area contributed by atoms with Crippen molar-refractivity contribution in [2.45, 2.75) is 13.5 Å². The summed E-state index contributed by atoms with van der Waals surface area (Å²) in [5, 5.41) is 19.4. The Balaban J connectivity index is 2.03. The van der Waals surface area contributed by atoms with Crippen molar-refractivity contribution in [1.29, 1.82) is 0 Å². The zero-order chi connectivity index (χ0) is 13.4. The maximum Gasteiger partial charge on any atom is 0.271 e. The summed E-state index contributed by atoms with van der Waals surface area (Å²) < 4.78 is 7.15. The van der Waals surface area contributed by atoms with Gasteiger partial charge in [0.2, 0.25) is 11.8 Å². The van der Waals surface area contributed by atoms with Gasteiger partial charge in [-0.3, -0.25) is 10.1 Å². The standard InChI is InChI=1S/C12H10N4O3/c1-8-13-14-12(19-8)7-15-5-4-9-2-3-10(16(17)18)6-11(9)15/h2-6H,7H2,1H3. The highest BCUT2D eigenvalue weighted by molar-refractivity contribution is 5.82. The Hall–Kier alpha value is -2.70. The Morgan fingerprint density at radius 2 is 2.21 bits per heavy atom. The van der Waals surface area contributed by atoms with E-state index < -0.39 is 4.92 Å². The lowest BCUT2D eigenvalue weighted by atomic mass is 10.2. The normalized spacial score (nSPS) is 11.0. The highest BCUT2D eigenvalue weighted by atomic mass is 16.6. The number of nitrogens with zero attached hydrogens (tertiary/aromatic N) is 4. The quantitative estimate of drug-likeness (QED) is 0.531. The van der Waals surface area contributed by atoms with Gasteiger partial charge in [-0.25, -0.2) is 0 Å². The van der Waals surface area contributed by atoms with Gasteiger partial charge in [-0.1, -0.05) is 0 Å². The molecule has 0 saturated heterocycles. The van der Waals surface area contributed by atoms with E-state index in [1.165, 1.54) is 6.07 Å². The van der Waals surface area contributed by atoms with Crippen molar-refractivity contribution in [2.75, 3.05) is 0 Å². The van der Waals surface area contributed by atoms with Gasteiger partial charge in [-0.05, 0) is 12.1 Å². The fourth-order valence-electron chi connectivity index (χ4n) is 1.97. The number of benzene rings is 1. The van der Waals surface area contributed by atoms with E-state index in [4.69, 9.17) is 4.42 Å². The molecule has 7 nitrogen and oxygen atoms in total. The average Bonchev–Trinajstić information content (AvgIpc) is 2.96. The van der Waals surface area contributed by atoms with E-state index in [0.717, 1.165) is 10.9 Å². The molecule has 0 aliphatic heterocycles. The second-order valence-corrected chi connectivity index (χ2v) is 4.16. The molecule has 0 amide bonds. The van der Waals surface area contributed by atoms with Crippen molar-refractivity contribution in [2.24, 2.45) is 0 Å². The van der Waals surface area contributed by atoms with Crippen LogP contribution in [0.4, 0.5) is 5.69 Å². The second-order valence-electron chi connectivity index (χ2n) is 4.16. The van der Waals surface area contributed by atoms with Crippen LogP contribution < -0.4 is 0 Å². The fraction of sp³-hybridized carbons (Fsp3) is 0.167. The van der Waals surface area contributed by atoms with E-state index in [1.54, 1.807) is 19.1 Å². The van der Waals surface area contributed by atoms with Crippen molar-refractivity contribution in [3.63, 3.8) is 0 Å². The first kappa shape index (κ1) is 11.4. The molecule has 1 aromatic carbocycles. The molecular weight excluding hydrogens is 248 g/mol. The Labute approximate surface area is 107 Å². The topological polar surface area (TPSA) is 87.0 Å². The number of nitro groups is 1. The lowest BCUT2D eigenvalue weighted by Gasteiger charge is -2.01. The number of aryl methyl sites for hydroxylation is 1. The van der Waals surface area contributed by atoms with Gasteiger partial charge in [-0.15, -0.1) is 10.2 Å². The lowest BCUT2D eigenvalue weighted by molar-refractivity contribution is -0.384. The summed E-state index contributed by atoms with van der Waals surface area (Å²) in [6.07, 6.45) is 1.84. The molecule has 0 atom stereocenters. The van der Waals surface area contributed by atoms with Gasteiger partial charge in [-0.2, -0.15) is 0 Å². The first-order valence-corrected chi connectivity index (χ1v) is 5.66. The number of hydrogen-bond donors (Lipinski definition) is 0. The van der Waals surface area contributed by atoms with Gasteiger partial charge in [0.1, 0.15) is 6.54 Å². The number of fused-ring (bicyclic) bond motifs is 1. The third kappa shape index (κ3) is 2.05. The molecule has 0 saturated carbocycles. The predicted octanol–water partition coefficient (Wildman–Crippen LogP) is 2.29. The number of rotatable bonds is 3. The van der Waals surface area contributed by atoms with E-state index in [0.29, 0.717) is 18.3 Å². The maximum absolute atomic E-state index is 10.8. The van der Waals surface area contributed by atoms with E-state index in [1.807, 2.05) is 16.8 Å². The average molecular weight is 258 g/mol. The molecule has 3 rings (SSSR count). The first-order valence-electron chi connectivity index (χ1n) is 5.66. The van der Waals surface area contributed by atoms with Crippen molar-refractivity contribution in [3.05, 3.63) is 52.4 Å². The summed E-state index contributed by atoms with van der Waals surface area (Å²) in [6.45, 7) is 2.11. The molecule has 3 aromatic rings. The van der Waals surface area contributed by atoms with Gasteiger partial charge in [0.15, 0.2) is 0 Å². The highest BCUT2D eigenvalue weighted by Gasteiger charge is 2.11. The number of nitro benzene ring substituents is 1. The smallest absolute Gasteiger partial charge is 0.271 e. The zero-order valence-corrected chi connectivity index (χ0v) is 10.1. The third-order valence-corrected chi connectivity index (χ3v) is 2.84. The van der Waals surface area contributed by atoms with Crippen molar-refractivity contribution in [3.8, 4) is 0 Å². The summed E-state index contributed by atoms with van der Waals surface area (Å²) in [5.74, 6) is 0.971. The molecule has 0 unspecified atom stereocenters.